The number of halogens is 1. The van der Waals surface area contributed by atoms with E-state index in [1.54, 1.807) is 12.1 Å². The number of para-hydroxylation sites is 1. The molecule has 6 heteroatoms. The van der Waals surface area contributed by atoms with Gasteiger partial charge < -0.3 is 9.51 Å². The average Bonchev–Trinajstić information content (AvgIpc) is 3.30. The summed E-state index contributed by atoms with van der Waals surface area (Å²) in [7, 11) is 0. The number of imidazole rings is 1. The summed E-state index contributed by atoms with van der Waals surface area (Å²) in [4.78, 5) is 4.66. The molecule has 0 bridgehead atoms. The fourth-order valence-electron chi connectivity index (χ4n) is 3.41. The van der Waals surface area contributed by atoms with Gasteiger partial charge in [0, 0.05) is 23.3 Å². The third-order valence-electron chi connectivity index (χ3n) is 4.75. The van der Waals surface area contributed by atoms with Gasteiger partial charge in [-0.15, -0.1) is 0 Å². The maximum atomic E-state index is 14.0. The van der Waals surface area contributed by atoms with Crippen LogP contribution in [0.25, 0.3) is 39.1 Å². The maximum absolute atomic E-state index is 14.0. The molecule has 27 heavy (non-hydrogen) atoms. The number of aliphatic hydroxyl groups excluding tert-OH is 1. The molecular formula is C21H15FN4O. The molecule has 3 heterocycles. The lowest BCUT2D eigenvalue weighted by Crippen LogP contribution is -1.95. The first-order valence-corrected chi connectivity index (χ1v) is 8.55. The summed E-state index contributed by atoms with van der Waals surface area (Å²) in [5.74, 6) is -0.413. The minimum Gasteiger partial charge on any atom is -0.392 e. The maximum Gasteiger partial charge on any atom is 0.137 e. The number of benzene rings is 2. The fraction of sp³-hybridized carbons (Fsp3) is 0.0476. The van der Waals surface area contributed by atoms with Crippen LogP contribution in [0.15, 0.2) is 67.0 Å². The summed E-state index contributed by atoms with van der Waals surface area (Å²) in [6, 6.07) is 16.4. The van der Waals surface area contributed by atoms with Gasteiger partial charge in [0.05, 0.1) is 12.1 Å². The SMILES string of the molecule is OCc1c(F)cccc1-c1ccc2nc(-c3n[nH]c4ccccc34)cn2c1. The third kappa shape index (κ3) is 2.50. The van der Waals surface area contributed by atoms with Gasteiger partial charge in [0.1, 0.15) is 22.9 Å². The zero-order valence-electron chi connectivity index (χ0n) is 14.2. The molecule has 0 fully saturated rings. The standard InChI is InChI=1S/C21H15FN4O/c22-17-6-3-5-14(16(17)12-27)13-8-9-20-23-19(11-26(20)10-13)21-15-4-1-2-7-18(15)24-25-21/h1-11,27H,12H2,(H,24,25). The Labute approximate surface area is 153 Å². The van der Waals surface area contributed by atoms with Crippen LogP contribution >= 0.6 is 0 Å². The summed E-state index contributed by atoms with van der Waals surface area (Å²) in [5.41, 5.74) is 5.03. The second-order valence-corrected chi connectivity index (χ2v) is 6.35. The number of fused-ring (bicyclic) bond motifs is 2. The van der Waals surface area contributed by atoms with Crippen molar-refractivity contribution in [3.8, 4) is 22.5 Å². The van der Waals surface area contributed by atoms with Gasteiger partial charge in [0.25, 0.3) is 0 Å². The van der Waals surface area contributed by atoms with Gasteiger partial charge in [-0.1, -0.05) is 30.3 Å². The van der Waals surface area contributed by atoms with E-state index in [2.05, 4.69) is 15.2 Å². The predicted molar refractivity (Wildman–Crippen MR) is 102 cm³/mol. The average molecular weight is 358 g/mol. The number of nitrogens with zero attached hydrogens (tertiary/aromatic N) is 3. The molecule has 5 rings (SSSR count). The Morgan fingerprint density at radius 3 is 2.78 bits per heavy atom. The van der Waals surface area contributed by atoms with Crippen molar-refractivity contribution in [2.45, 2.75) is 6.61 Å². The lowest BCUT2D eigenvalue weighted by molar-refractivity contribution is 0.276. The third-order valence-corrected chi connectivity index (χ3v) is 4.75. The summed E-state index contributed by atoms with van der Waals surface area (Å²) < 4.78 is 15.9. The van der Waals surface area contributed by atoms with E-state index in [0.717, 1.165) is 33.5 Å². The van der Waals surface area contributed by atoms with Gasteiger partial charge in [-0.2, -0.15) is 5.10 Å². The summed E-state index contributed by atoms with van der Waals surface area (Å²) in [6.07, 6.45) is 3.79. The Kier molecular flexibility index (Phi) is 3.51. The first-order chi connectivity index (χ1) is 13.2. The van der Waals surface area contributed by atoms with Crippen molar-refractivity contribution in [2.24, 2.45) is 0 Å². The van der Waals surface area contributed by atoms with E-state index in [-0.39, 0.29) is 12.2 Å². The second kappa shape index (κ2) is 6.03. The number of rotatable bonds is 3. The number of nitrogens with one attached hydrogen (secondary N) is 1. The van der Waals surface area contributed by atoms with Crippen LogP contribution in [-0.2, 0) is 6.61 Å². The molecule has 2 aromatic carbocycles. The number of aromatic nitrogens is 4. The van der Waals surface area contributed by atoms with Crippen LogP contribution in [0.5, 0.6) is 0 Å². The minimum atomic E-state index is -0.413. The van der Waals surface area contributed by atoms with E-state index in [9.17, 15) is 9.50 Å². The molecule has 132 valence electrons. The monoisotopic (exact) mass is 358 g/mol. The molecule has 0 aliphatic rings. The van der Waals surface area contributed by atoms with E-state index in [4.69, 9.17) is 0 Å². The fourth-order valence-corrected chi connectivity index (χ4v) is 3.41. The molecule has 0 aliphatic heterocycles. The van der Waals surface area contributed by atoms with Crippen molar-refractivity contribution in [3.05, 3.63) is 78.4 Å². The number of aliphatic hydroxyl groups is 1. The molecule has 0 saturated heterocycles. The van der Waals surface area contributed by atoms with E-state index in [1.165, 1.54) is 6.07 Å². The first-order valence-electron chi connectivity index (χ1n) is 8.55. The van der Waals surface area contributed by atoms with Gasteiger partial charge in [-0.3, -0.25) is 5.10 Å². The lowest BCUT2D eigenvalue weighted by Gasteiger charge is -2.09. The van der Waals surface area contributed by atoms with Gasteiger partial charge >= 0.3 is 0 Å². The normalized spacial score (nSPS) is 11.5. The summed E-state index contributed by atoms with van der Waals surface area (Å²) in [6.45, 7) is -0.353. The topological polar surface area (TPSA) is 66.2 Å². The molecule has 3 aromatic heterocycles. The van der Waals surface area contributed by atoms with Crippen LogP contribution in [0.1, 0.15) is 5.56 Å². The van der Waals surface area contributed by atoms with Crippen molar-refractivity contribution in [2.75, 3.05) is 0 Å². The Morgan fingerprint density at radius 2 is 1.89 bits per heavy atom. The van der Waals surface area contributed by atoms with Crippen molar-refractivity contribution in [3.63, 3.8) is 0 Å². The van der Waals surface area contributed by atoms with Gasteiger partial charge in [0.2, 0.25) is 0 Å². The molecule has 5 nitrogen and oxygen atoms in total. The molecule has 0 radical (unpaired) electrons. The van der Waals surface area contributed by atoms with Crippen LogP contribution in [-0.4, -0.2) is 24.7 Å². The number of pyridine rings is 1. The van der Waals surface area contributed by atoms with E-state index in [1.807, 2.05) is 53.2 Å². The first kappa shape index (κ1) is 15.7. The Hall–Kier alpha value is -3.51. The number of hydrogen-bond donors (Lipinski definition) is 2. The Balaban J connectivity index is 1.65. The highest BCUT2D eigenvalue weighted by atomic mass is 19.1. The summed E-state index contributed by atoms with van der Waals surface area (Å²) in [5, 5.41) is 18.0. The van der Waals surface area contributed by atoms with E-state index in [0.29, 0.717) is 5.56 Å². The summed E-state index contributed by atoms with van der Waals surface area (Å²) >= 11 is 0. The van der Waals surface area contributed by atoms with Crippen molar-refractivity contribution in [1.82, 2.24) is 19.6 Å². The predicted octanol–water partition coefficient (Wildman–Crippen LogP) is 4.18. The molecule has 0 amide bonds. The highest BCUT2D eigenvalue weighted by molar-refractivity contribution is 5.92. The molecule has 0 atom stereocenters. The number of H-pyrrole nitrogens is 1. The number of hydrogen-bond acceptors (Lipinski definition) is 3. The molecular weight excluding hydrogens is 343 g/mol. The molecule has 0 aliphatic carbocycles. The van der Waals surface area contributed by atoms with Gasteiger partial charge in [0.15, 0.2) is 0 Å². The molecule has 0 unspecified atom stereocenters. The Bertz CT molecular complexity index is 1290. The highest BCUT2D eigenvalue weighted by Crippen LogP contribution is 2.29. The van der Waals surface area contributed by atoms with Crippen molar-refractivity contribution in [1.29, 1.82) is 0 Å². The highest BCUT2D eigenvalue weighted by Gasteiger charge is 2.13. The molecule has 5 aromatic rings. The molecule has 0 saturated carbocycles. The van der Waals surface area contributed by atoms with Crippen LogP contribution in [0, 0.1) is 5.82 Å². The largest absolute Gasteiger partial charge is 0.392 e. The second-order valence-electron chi connectivity index (χ2n) is 6.35. The van der Waals surface area contributed by atoms with Crippen LogP contribution < -0.4 is 0 Å². The zero-order valence-corrected chi connectivity index (χ0v) is 14.2. The quantitative estimate of drug-likeness (QED) is 0.509. The van der Waals surface area contributed by atoms with Gasteiger partial charge in [-0.25, -0.2) is 9.37 Å². The van der Waals surface area contributed by atoms with Crippen LogP contribution in [0.4, 0.5) is 4.39 Å². The van der Waals surface area contributed by atoms with Gasteiger partial charge in [-0.05, 0) is 35.4 Å². The van der Waals surface area contributed by atoms with Crippen molar-refractivity contribution >= 4 is 16.6 Å². The van der Waals surface area contributed by atoms with E-state index >= 15 is 0 Å². The molecule has 0 spiro atoms. The van der Waals surface area contributed by atoms with Crippen LogP contribution in [0.2, 0.25) is 0 Å². The minimum absolute atomic E-state index is 0.287. The Morgan fingerprint density at radius 1 is 1.00 bits per heavy atom. The molecule has 2 N–H and O–H groups in total. The smallest absolute Gasteiger partial charge is 0.137 e. The number of aromatic amines is 1. The van der Waals surface area contributed by atoms with E-state index < -0.39 is 5.82 Å². The van der Waals surface area contributed by atoms with Crippen molar-refractivity contribution < 1.29 is 9.50 Å². The van der Waals surface area contributed by atoms with Crippen LogP contribution in [0.3, 0.4) is 0 Å². The zero-order chi connectivity index (χ0) is 18.4. The lowest BCUT2D eigenvalue weighted by atomic mass is 10.0.